The molecule has 0 spiro atoms. The van der Waals surface area contributed by atoms with Crippen LogP contribution in [0.5, 0.6) is 0 Å². The highest BCUT2D eigenvalue weighted by Gasteiger charge is 2.42. The number of carbonyl (C=O) groups is 1. The topological polar surface area (TPSA) is 71.8 Å². The molecule has 1 amide bonds. The van der Waals surface area contributed by atoms with Gasteiger partial charge in [0.25, 0.3) is 5.91 Å². The second-order valence-electron chi connectivity index (χ2n) is 7.68. The van der Waals surface area contributed by atoms with Crippen molar-refractivity contribution >= 4 is 17.3 Å². The van der Waals surface area contributed by atoms with Gasteiger partial charge in [0, 0.05) is 17.4 Å². The van der Waals surface area contributed by atoms with Crippen LogP contribution in [0, 0.1) is 5.82 Å². The first-order valence-corrected chi connectivity index (χ1v) is 10.3. The summed E-state index contributed by atoms with van der Waals surface area (Å²) in [6.45, 7) is 0. The molecule has 2 N–H and O–H groups in total. The maximum Gasteiger partial charge on any atom is 0.435 e. The molecule has 1 aliphatic carbocycles. The van der Waals surface area contributed by atoms with Crippen LogP contribution in [0.3, 0.4) is 0 Å². The van der Waals surface area contributed by atoms with Crippen molar-refractivity contribution < 1.29 is 22.4 Å². The van der Waals surface area contributed by atoms with Crippen molar-refractivity contribution in [2.45, 2.75) is 44.3 Å². The minimum atomic E-state index is -4.90. The lowest BCUT2D eigenvalue weighted by molar-refractivity contribution is -0.143. The number of aromatic nitrogens is 3. The van der Waals surface area contributed by atoms with Gasteiger partial charge < -0.3 is 10.6 Å². The van der Waals surface area contributed by atoms with E-state index in [-0.39, 0.29) is 5.69 Å². The van der Waals surface area contributed by atoms with Crippen LogP contribution in [0.4, 0.5) is 28.9 Å². The zero-order valence-electron chi connectivity index (χ0n) is 17.0. The van der Waals surface area contributed by atoms with Crippen LogP contribution in [0.2, 0.25) is 0 Å². The molecular weight excluding hydrogens is 426 g/mol. The Morgan fingerprint density at radius 2 is 1.56 bits per heavy atom. The second-order valence-corrected chi connectivity index (χ2v) is 7.68. The Bertz CT molecular complexity index is 1070. The van der Waals surface area contributed by atoms with Gasteiger partial charge in [0.1, 0.15) is 5.82 Å². The van der Waals surface area contributed by atoms with E-state index in [0.717, 1.165) is 42.8 Å². The summed E-state index contributed by atoms with van der Waals surface area (Å²) in [6.07, 6.45) is 0.913. The third-order valence-electron chi connectivity index (χ3n) is 5.34. The number of nitrogens with one attached hydrogen (secondary N) is 2. The largest absolute Gasteiger partial charge is 0.435 e. The lowest BCUT2D eigenvalue weighted by Gasteiger charge is -2.23. The van der Waals surface area contributed by atoms with Gasteiger partial charge in [-0.3, -0.25) is 4.79 Å². The fraction of sp³-hybridized carbons (Fsp3) is 0.318. The summed E-state index contributed by atoms with van der Waals surface area (Å²) in [7, 11) is 0. The molecule has 0 bridgehead atoms. The van der Waals surface area contributed by atoms with Crippen LogP contribution in [0.15, 0.2) is 48.5 Å². The summed E-state index contributed by atoms with van der Waals surface area (Å²) < 4.78 is 54.8. The highest BCUT2D eigenvalue weighted by molar-refractivity contribution is 6.03. The average molecular weight is 447 g/mol. The first-order chi connectivity index (χ1) is 15.3. The first kappa shape index (κ1) is 21.8. The number of benzene rings is 2. The summed E-state index contributed by atoms with van der Waals surface area (Å²) in [5.74, 6) is -1.65. The van der Waals surface area contributed by atoms with Crippen LogP contribution in [0.1, 0.15) is 48.3 Å². The van der Waals surface area contributed by atoms with E-state index in [1.165, 1.54) is 19.3 Å². The van der Waals surface area contributed by atoms with Crippen molar-refractivity contribution in [3.05, 3.63) is 65.7 Å². The van der Waals surface area contributed by atoms with Crippen LogP contribution < -0.4 is 10.6 Å². The van der Waals surface area contributed by atoms with E-state index < -0.39 is 29.3 Å². The smallest absolute Gasteiger partial charge is 0.382 e. The van der Waals surface area contributed by atoms with Gasteiger partial charge in [-0.15, -0.1) is 5.10 Å². The predicted molar refractivity (Wildman–Crippen MR) is 111 cm³/mol. The Morgan fingerprint density at radius 1 is 0.938 bits per heavy atom. The average Bonchev–Trinajstić information content (AvgIpc) is 3.22. The number of amides is 1. The molecule has 0 unspecified atom stereocenters. The summed E-state index contributed by atoms with van der Waals surface area (Å²) in [5, 5.41) is 12.8. The number of hydrogen-bond donors (Lipinski definition) is 2. The van der Waals surface area contributed by atoms with Crippen molar-refractivity contribution in [2.75, 3.05) is 10.6 Å². The molecule has 1 aromatic heterocycles. The molecule has 3 aromatic rings. The van der Waals surface area contributed by atoms with Crippen molar-refractivity contribution in [1.29, 1.82) is 0 Å². The Kier molecular flexibility index (Phi) is 6.11. The third-order valence-corrected chi connectivity index (χ3v) is 5.34. The number of hydrogen-bond acceptors (Lipinski definition) is 4. The first-order valence-electron chi connectivity index (χ1n) is 10.3. The van der Waals surface area contributed by atoms with Crippen molar-refractivity contribution in [1.82, 2.24) is 15.0 Å². The second kappa shape index (κ2) is 8.97. The number of halogens is 4. The minimum Gasteiger partial charge on any atom is -0.382 e. The molecule has 2 aromatic carbocycles. The predicted octanol–water partition coefficient (Wildman–Crippen LogP) is 5.42. The highest BCUT2D eigenvalue weighted by atomic mass is 19.4. The van der Waals surface area contributed by atoms with E-state index in [9.17, 15) is 22.4 Å². The van der Waals surface area contributed by atoms with Crippen molar-refractivity contribution in [2.24, 2.45) is 0 Å². The number of carbonyl (C=O) groups excluding carboxylic acids is 1. The van der Waals surface area contributed by atoms with E-state index in [2.05, 4.69) is 20.9 Å². The van der Waals surface area contributed by atoms with Crippen LogP contribution in [0.25, 0.3) is 5.69 Å². The number of nitrogens with zero attached hydrogens (tertiary/aromatic N) is 3. The molecule has 168 valence electrons. The van der Waals surface area contributed by atoms with Gasteiger partial charge in [-0.1, -0.05) is 24.5 Å². The SMILES string of the molecule is O=C(Nc1ccc(NC2CCCCC2)cc1)c1nnn(-c2ccc(F)cc2)c1C(F)(F)F. The normalized spacial score (nSPS) is 14.9. The zero-order chi connectivity index (χ0) is 22.7. The molecule has 6 nitrogen and oxygen atoms in total. The van der Waals surface area contributed by atoms with Gasteiger partial charge in [-0.05, 0) is 61.4 Å². The molecule has 32 heavy (non-hydrogen) atoms. The van der Waals surface area contributed by atoms with Gasteiger partial charge in [-0.2, -0.15) is 13.2 Å². The molecule has 0 aliphatic heterocycles. The standard InChI is InChI=1S/C22H21F4N5O/c23-14-6-12-18(13-7-14)31-20(22(24,25)26)19(29-30-31)21(32)28-17-10-8-16(9-11-17)27-15-4-2-1-3-5-15/h6-13,15,27H,1-5H2,(H,28,32). The number of anilines is 2. The monoisotopic (exact) mass is 447 g/mol. The summed E-state index contributed by atoms with van der Waals surface area (Å²) in [6, 6.07) is 11.4. The molecule has 0 saturated heterocycles. The lowest BCUT2D eigenvalue weighted by Crippen LogP contribution is -2.22. The maximum absolute atomic E-state index is 13.7. The van der Waals surface area contributed by atoms with Crippen LogP contribution >= 0.6 is 0 Å². The molecule has 1 saturated carbocycles. The summed E-state index contributed by atoms with van der Waals surface area (Å²) in [5.41, 5.74) is -1.06. The van der Waals surface area contributed by atoms with E-state index in [4.69, 9.17) is 0 Å². The Morgan fingerprint density at radius 3 is 2.19 bits per heavy atom. The van der Waals surface area contributed by atoms with Gasteiger partial charge in [-0.25, -0.2) is 9.07 Å². The van der Waals surface area contributed by atoms with Gasteiger partial charge in [0.2, 0.25) is 0 Å². The van der Waals surface area contributed by atoms with Gasteiger partial charge in [0.15, 0.2) is 11.4 Å². The lowest BCUT2D eigenvalue weighted by atomic mass is 9.95. The van der Waals surface area contributed by atoms with Crippen molar-refractivity contribution in [3.8, 4) is 5.69 Å². The quantitative estimate of drug-likeness (QED) is 0.512. The fourth-order valence-electron chi connectivity index (χ4n) is 3.77. The molecule has 1 heterocycles. The van der Waals surface area contributed by atoms with E-state index in [1.807, 2.05) is 0 Å². The molecule has 4 rings (SSSR count). The summed E-state index contributed by atoms with van der Waals surface area (Å²) in [4.78, 5) is 12.6. The third kappa shape index (κ3) is 4.90. The Hall–Kier alpha value is -3.43. The molecule has 10 heteroatoms. The maximum atomic E-state index is 13.7. The molecule has 1 aliphatic rings. The van der Waals surface area contributed by atoms with E-state index in [0.29, 0.717) is 16.4 Å². The Balaban J connectivity index is 1.52. The molecular formula is C22H21F4N5O. The number of rotatable bonds is 5. The number of alkyl halides is 3. The molecule has 1 fully saturated rings. The van der Waals surface area contributed by atoms with E-state index >= 15 is 0 Å². The summed E-state index contributed by atoms with van der Waals surface area (Å²) >= 11 is 0. The fourth-order valence-corrected chi connectivity index (χ4v) is 3.77. The van der Waals surface area contributed by atoms with Crippen molar-refractivity contribution in [3.63, 3.8) is 0 Å². The van der Waals surface area contributed by atoms with Crippen LogP contribution in [-0.2, 0) is 6.18 Å². The minimum absolute atomic E-state index is 0.0663. The van der Waals surface area contributed by atoms with E-state index in [1.54, 1.807) is 24.3 Å². The molecule has 0 radical (unpaired) electrons. The van der Waals surface area contributed by atoms with Gasteiger partial charge in [0.05, 0.1) is 5.69 Å². The van der Waals surface area contributed by atoms with Gasteiger partial charge >= 0.3 is 6.18 Å². The zero-order valence-corrected chi connectivity index (χ0v) is 17.0. The Labute approximate surface area is 181 Å². The highest BCUT2D eigenvalue weighted by Crippen LogP contribution is 2.33. The van der Waals surface area contributed by atoms with Crippen LogP contribution in [-0.4, -0.2) is 26.9 Å². The molecule has 0 atom stereocenters.